The van der Waals surface area contributed by atoms with Crippen molar-refractivity contribution in [1.29, 1.82) is 0 Å². The number of hydrogen-bond donors (Lipinski definition) is 2. The minimum atomic E-state index is -4.86. The smallest absolute Gasteiger partial charge is 0.496 e. The topological polar surface area (TPSA) is 124 Å². The summed E-state index contributed by atoms with van der Waals surface area (Å²) in [5.41, 5.74) is 6.48. The van der Waals surface area contributed by atoms with Crippen LogP contribution in [-0.4, -0.2) is 29.5 Å². The van der Waals surface area contributed by atoms with Gasteiger partial charge in [0.05, 0.1) is 18.5 Å². The molecule has 37 heavy (non-hydrogen) atoms. The Hall–Kier alpha value is -4.65. The van der Waals surface area contributed by atoms with Gasteiger partial charge in [-0.1, -0.05) is 12.1 Å². The molecule has 0 aliphatic carbocycles. The number of nitrogen functional groups attached to an aromatic ring is 1. The molecule has 9 nitrogen and oxygen atoms in total. The van der Waals surface area contributed by atoms with Gasteiger partial charge in [-0.05, 0) is 46.4 Å². The highest BCUT2D eigenvalue weighted by Gasteiger charge is 2.35. The first-order valence-corrected chi connectivity index (χ1v) is 11.3. The average molecular weight is 529 g/mol. The minimum Gasteiger partial charge on any atom is -0.496 e. The first-order valence-electron chi connectivity index (χ1n) is 10.5. The molecule has 3 aromatic heterocycles. The Labute approximate surface area is 209 Å². The predicted octanol–water partition coefficient (Wildman–Crippen LogP) is 4.24. The van der Waals surface area contributed by atoms with E-state index < -0.39 is 29.2 Å². The normalized spacial score (nSPS) is 11.6. The maximum absolute atomic E-state index is 13.4. The Morgan fingerprint density at radius 3 is 2.54 bits per heavy atom. The highest BCUT2D eigenvalue weighted by atomic mass is 32.1. The van der Waals surface area contributed by atoms with Crippen molar-refractivity contribution in [2.75, 3.05) is 12.8 Å². The van der Waals surface area contributed by atoms with Gasteiger partial charge in [-0.2, -0.15) is 0 Å². The van der Waals surface area contributed by atoms with Crippen LogP contribution < -0.4 is 25.5 Å². The average Bonchev–Trinajstić information content (AvgIpc) is 3.42. The zero-order valence-electron chi connectivity index (χ0n) is 18.8. The molecule has 0 radical (unpaired) electrons. The van der Waals surface area contributed by atoms with Gasteiger partial charge < -0.3 is 15.2 Å². The fraction of sp³-hybridized carbons (Fsp3) is 0.0833. The van der Waals surface area contributed by atoms with Crippen molar-refractivity contribution in [3.05, 3.63) is 81.7 Å². The molecular weight excluding hydrogens is 513 g/mol. The maximum atomic E-state index is 13.4. The monoisotopic (exact) mass is 529 g/mol. The van der Waals surface area contributed by atoms with Crippen LogP contribution in [0.3, 0.4) is 0 Å². The van der Waals surface area contributed by atoms with Crippen molar-refractivity contribution in [3.63, 3.8) is 0 Å². The Morgan fingerprint density at radius 2 is 1.84 bits per heavy atom. The number of thiophene rings is 1. The number of nitrogens with one attached hydrogen (secondary N) is 1. The first-order chi connectivity index (χ1) is 17.7. The number of para-hydroxylation sites is 1. The number of hydrogen-bond acceptors (Lipinski definition) is 8. The number of carbonyl (C=O) groups excluding carboxylic acids is 1. The number of rotatable bonds is 6. The quantitative estimate of drug-likeness (QED) is 0.249. The number of nitrogens with two attached hydrogens (primary N) is 1. The van der Waals surface area contributed by atoms with Crippen LogP contribution in [0, 0.1) is 0 Å². The van der Waals surface area contributed by atoms with Crippen LogP contribution in [0.5, 0.6) is 11.5 Å². The van der Waals surface area contributed by atoms with Gasteiger partial charge >= 0.3 is 17.7 Å². The van der Waals surface area contributed by atoms with E-state index in [0.29, 0.717) is 21.7 Å². The summed E-state index contributed by atoms with van der Waals surface area (Å²) in [6.07, 6.45) is -4.86. The summed E-state index contributed by atoms with van der Waals surface area (Å²) < 4.78 is 52.4. The molecule has 0 amide bonds. The number of methoxy groups -OCH3 is 1. The van der Waals surface area contributed by atoms with E-state index in [4.69, 9.17) is 15.0 Å². The number of pyridine rings is 1. The number of halogens is 3. The lowest BCUT2D eigenvalue weighted by atomic mass is 10.1. The first kappa shape index (κ1) is 24.1. The second-order valence-electron chi connectivity index (χ2n) is 7.63. The number of fused-ring (bicyclic) bond motifs is 1. The number of aromatic amines is 1. The van der Waals surface area contributed by atoms with Crippen LogP contribution in [0.1, 0.15) is 15.4 Å². The third-order valence-corrected chi connectivity index (χ3v) is 6.49. The molecular formula is C24H16F3N4O5S+. The molecule has 0 spiro atoms. The second-order valence-corrected chi connectivity index (χ2v) is 8.63. The summed E-state index contributed by atoms with van der Waals surface area (Å²) in [7, 11) is 1.55. The lowest BCUT2D eigenvalue weighted by Gasteiger charge is -2.07. The largest absolute Gasteiger partial charge is 0.573 e. The molecule has 0 saturated heterocycles. The number of H-pyrrole nitrogens is 1. The predicted molar refractivity (Wildman–Crippen MR) is 127 cm³/mol. The SMILES string of the molecule is COc1ccccc1-c1ccc2c(N)c(C(=O)c3c(=O)o[nH][n+]3-c3ccc(OC(F)(F)F)cc3)sc2n1. The minimum absolute atomic E-state index is 0.0531. The number of carbonyl (C=O) groups is 1. The van der Waals surface area contributed by atoms with Gasteiger partial charge in [0.25, 0.3) is 5.78 Å². The number of aromatic nitrogens is 3. The van der Waals surface area contributed by atoms with Crippen LogP contribution in [0.2, 0.25) is 0 Å². The highest BCUT2D eigenvalue weighted by Crippen LogP contribution is 2.36. The van der Waals surface area contributed by atoms with E-state index in [1.807, 2.05) is 18.2 Å². The van der Waals surface area contributed by atoms with Crippen LogP contribution in [0.15, 0.2) is 70.0 Å². The number of ether oxygens (including phenoxy) is 2. The van der Waals surface area contributed by atoms with Gasteiger partial charge in [-0.15, -0.1) is 24.5 Å². The summed E-state index contributed by atoms with van der Waals surface area (Å²) in [6, 6.07) is 15.3. The van der Waals surface area contributed by atoms with E-state index in [1.54, 1.807) is 25.3 Å². The number of benzene rings is 2. The zero-order chi connectivity index (χ0) is 26.3. The van der Waals surface area contributed by atoms with Crippen molar-refractivity contribution in [2.45, 2.75) is 6.36 Å². The third kappa shape index (κ3) is 4.51. The van der Waals surface area contributed by atoms with Crippen LogP contribution in [0.25, 0.3) is 27.2 Å². The molecule has 2 aromatic carbocycles. The molecule has 0 aliphatic rings. The summed E-state index contributed by atoms with van der Waals surface area (Å²) in [5, 5.41) is 2.81. The lowest BCUT2D eigenvalue weighted by Crippen LogP contribution is -2.41. The van der Waals surface area contributed by atoms with Crippen molar-refractivity contribution in [3.8, 4) is 28.4 Å². The van der Waals surface area contributed by atoms with Gasteiger partial charge in [0.15, 0.2) is 0 Å². The van der Waals surface area contributed by atoms with Crippen molar-refractivity contribution >= 4 is 33.0 Å². The van der Waals surface area contributed by atoms with Gasteiger partial charge in [-0.3, -0.25) is 9.32 Å². The van der Waals surface area contributed by atoms with Crippen LogP contribution in [-0.2, 0) is 0 Å². The molecule has 0 saturated carbocycles. The Kier molecular flexibility index (Phi) is 5.91. The molecule has 5 aromatic rings. The van der Waals surface area contributed by atoms with Gasteiger partial charge in [0.1, 0.15) is 21.2 Å². The molecule has 0 aliphatic heterocycles. The Bertz CT molecular complexity index is 1690. The van der Waals surface area contributed by atoms with Crippen molar-refractivity contribution in [1.82, 2.24) is 10.3 Å². The van der Waals surface area contributed by atoms with E-state index in [9.17, 15) is 22.8 Å². The molecule has 188 valence electrons. The van der Waals surface area contributed by atoms with E-state index in [-0.39, 0.29) is 16.3 Å². The zero-order valence-corrected chi connectivity index (χ0v) is 19.6. The van der Waals surface area contributed by atoms with Gasteiger partial charge in [0, 0.05) is 23.1 Å². The standard InChI is InChI=1S/C24H15F3N4O5S/c1-34-17-5-3-2-4-14(17)16-11-10-15-18(28)21(37-22(15)29-16)20(32)19-23(33)36-30-31(19)12-6-8-13(9-7-12)35-24(25,26)27/h2-11H,1H3,(H2-,28,30,32,33)/p+1. The molecule has 3 heterocycles. The van der Waals surface area contributed by atoms with E-state index in [1.165, 1.54) is 12.1 Å². The summed E-state index contributed by atoms with van der Waals surface area (Å²) in [5.74, 6) is -0.598. The molecule has 0 atom stereocenters. The van der Waals surface area contributed by atoms with Crippen LogP contribution >= 0.6 is 11.3 Å². The molecule has 5 rings (SSSR count). The summed E-state index contributed by atoms with van der Waals surface area (Å²) in [4.78, 5) is 31.0. The van der Waals surface area contributed by atoms with Crippen molar-refractivity contribution in [2.24, 2.45) is 0 Å². The van der Waals surface area contributed by atoms with E-state index in [2.05, 4.69) is 15.0 Å². The fourth-order valence-electron chi connectivity index (χ4n) is 3.72. The Morgan fingerprint density at radius 1 is 1.11 bits per heavy atom. The Balaban J connectivity index is 1.53. The third-order valence-electron chi connectivity index (χ3n) is 5.37. The molecule has 0 unspecified atom stereocenters. The van der Waals surface area contributed by atoms with Crippen molar-refractivity contribution < 1.29 is 36.6 Å². The van der Waals surface area contributed by atoms with Crippen LogP contribution in [0.4, 0.5) is 18.9 Å². The fourth-order valence-corrected chi connectivity index (χ4v) is 4.76. The molecule has 3 N–H and O–H groups in total. The summed E-state index contributed by atoms with van der Waals surface area (Å²) in [6.45, 7) is 0. The highest BCUT2D eigenvalue weighted by molar-refractivity contribution is 7.21. The van der Waals surface area contributed by atoms with E-state index in [0.717, 1.165) is 33.7 Å². The lowest BCUT2D eigenvalue weighted by molar-refractivity contribution is -0.672. The number of alkyl halides is 3. The number of nitrogens with zero attached hydrogens (tertiary/aromatic N) is 2. The maximum Gasteiger partial charge on any atom is 0.573 e. The molecule has 0 fully saturated rings. The summed E-state index contributed by atoms with van der Waals surface area (Å²) >= 11 is 0.995. The molecule has 13 heteroatoms. The van der Waals surface area contributed by atoms with Gasteiger partial charge in [0.2, 0.25) is 5.69 Å². The second kappa shape index (κ2) is 9.09. The molecule has 0 bridgehead atoms. The number of anilines is 1. The van der Waals surface area contributed by atoms with E-state index >= 15 is 0 Å². The number of ketones is 1. The van der Waals surface area contributed by atoms with Gasteiger partial charge in [-0.25, -0.2) is 9.78 Å².